The second-order valence-electron chi connectivity index (χ2n) is 8.71. The third-order valence-corrected chi connectivity index (χ3v) is 6.39. The number of hydrogen-bond donors (Lipinski definition) is 2. The van der Waals surface area contributed by atoms with Crippen LogP contribution >= 0.6 is 0 Å². The first-order chi connectivity index (χ1) is 17.5. The molecule has 36 heavy (non-hydrogen) atoms. The summed E-state index contributed by atoms with van der Waals surface area (Å²) >= 11 is 0. The predicted octanol–water partition coefficient (Wildman–Crippen LogP) is 4.09. The Morgan fingerprint density at radius 3 is 2.53 bits per heavy atom. The Morgan fingerprint density at radius 2 is 1.83 bits per heavy atom. The van der Waals surface area contributed by atoms with E-state index in [1.807, 2.05) is 24.3 Å². The molecule has 9 heteroatoms. The molecule has 1 unspecified atom stereocenters. The average Bonchev–Trinajstić information content (AvgIpc) is 2.92. The number of hydrogen-bond acceptors (Lipinski definition) is 8. The van der Waals surface area contributed by atoms with Crippen LogP contribution in [0.5, 0.6) is 17.2 Å². The van der Waals surface area contributed by atoms with E-state index in [2.05, 4.69) is 33.5 Å². The zero-order valence-corrected chi connectivity index (χ0v) is 21.2. The first kappa shape index (κ1) is 25.1. The van der Waals surface area contributed by atoms with Gasteiger partial charge < -0.3 is 29.7 Å². The molecule has 1 fully saturated rings. The van der Waals surface area contributed by atoms with E-state index < -0.39 is 0 Å². The van der Waals surface area contributed by atoms with Crippen molar-refractivity contribution in [3.8, 4) is 17.2 Å². The molecule has 2 aromatic carbocycles. The molecule has 0 aliphatic carbocycles. The maximum Gasteiger partial charge on any atom is 0.229 e. The normalized spacial score (nSPS) is 15.2. The van der Waals surface area contributed by atoms with Crippen LogP contribution in [0.15, 0.2) is 48.7 Å². The van der Waals surface area contributed by atoms with Crippen LogP contribution in [-0.2, 0) is 11.3 Å². The van der Waals surface area contributed by atoms with E-state index in [1.165, 1.54) is 5.56 Å². The molecule has 1 amide bonds. The van der Waals surface area contributed by atoms with Gasteiger partial charge in [-0.2, -0.15) is 4.98 Å². The van der Waals surface area contributed by atoms with Crippen molar-refractivity contribution in [2.24, 2.45) is 5.92 Å². The summed E-state index contributed by atoms with van der Waals surface area (Å²) in [4.78, 5) is 24.1. The molecule has 4 rings (SSSR count). The van der Waals surface area contributed by atoms with E-state index >= 15 is 0 Å². The number of anilines is 3. The molecule has 1 aliphatic heterocycles. The van der Waals surface area contributed by atoms with Gasteiger partial charge in [0.1, 0.15) is 5.82 Å². The van der Waals surface area contributed by atoms with Gasteiger partial charge in [-0.25, -0.2) is 4.98 Å². The smallest absolute Gasteiger partial charge is 0.229 e. The number of piperidine rings is 1. The number of nitrogens with zero attached hydrogens (tertiary/aromatic N) is 3. The van der Waals surface area contributed by atoms with E-state index in [-0.39, 0.29) is 11.8 Å². The van der Waals surface area contributed by atoms with Gasteiger partial charge in [0.05, 0.1) is 27.2 Å². The summed E-state index contributed by atoms with van der Waals surface area (Å²) in [6, 6.07) is 13.6. The van der Waals surface area contributed by atoms with Gasteiger partial charge >= 0.3 is 0 Å². The molecule has 0 spiro atoms. The fourth-order valence-corrected chi connectivity index (χ4v) is 4.40. The molecular weight excluding hydrogens is 458 g/mol. The van der Waals surface area contributed by atoms with Crippen molar-refractivity contribution < 1.29 is 19.0 Å². The lowest BCUT2D eigenvalue weighted by molar-refractivity contribution is -0.125. The minimum Gasteiger partial charge on any atom is -0.493 e. The number of aromatic nitrogens is 2. The minimum atomic E-state index is -0.0933. The Hall–Kier alpha value is -4.01. The molecule has 1 saturated heterocycles. The molecule has 190 valence electrons. The molecule has 3 aromatic rings. The predicted molar refractivity (Wildman–Crippen MR) is 139 cm³/mol. The highest BCUT2D eigenvalue weighted by atomic mass is 16.5. The monoisotopic (exact) mass is 491 g/mol. The highest BCUT2D eigenvalue weighted by Crippen LogP contribution is 2.40. The summed E-state index contributed by atoms with van der Waals surface area (Å²) in [5.41, 5.74) is 3.02. The van der Waals surface area contributed by atoms with Crippen LogP contribution in [0.25, 0.3) is 0 Å². The maximum atomic E-state index is 12.9. The molecular formula is C27H33N5O4. The Kier molecular flexibility index (Phi) is 8.10. The summed E-state index contributed by atoms with van der Waals surface area (Å²) in [5, 5.41) is 6.33. The van der Waals surface area contributed by atoms with Crippen LogP contribution < -0.4 is 29.7 Å². The lowest BCUT2D eigenvalue weighted by atomic mass is 9.97. The van der Waals surface area contributed by atoms with Crippen molar-refractivity contribution in [1.82, 2.24) is 15.3 Å². The van der Waals surface area contributed by atoms with Gasteiger partial charge in [0, 0.05) is 43.7 Å². The van der Waals surface area contributed by atoms with Gasteiger partial charge in [0.25, 0.3) is 0 Å². The van der Waals surface area contributed by atoms with Crippen molar-refractivity contribution in [2.75, 3.05) is 44.6 Å². The van der Waals surface area contributed by atoms with Crippen LogP contribution in [0.1, 0.15) is 24.0 Å². The fourth-order valence-electron chi connectivity index (χ4n) is 4.40. The summed E-state index contributed by atoms with van der Waals surface area (Å²) in [6.45, 7) is 4.05. The van der Waals surface area contributed by atoms with Crippen LogP contribution in [-0.4, -0.2) is 50.3 Å². The third kappa shape index (κ3) is 5.79. The Balaban J connectivity index is 1.43. The summed E-state index contributed by atoms with van der Waals surface area (Å²) in [6.07, 6.45) is 3.49. The van der Waals surface area contributed by atoms with Crippen LogP contribution in [0.4, 0.5) is 17.5 Å². The van der Waals surface area contributed by atoms with Gasteiger partial charge in [-0.15, -0.1) is 0 Å². The lowest BCUT2D eigenvalue weighted by Gasteiger charge is -2.33. The molecule has 2 heterocycles. The van der Waals surface area contributed by atoms with E-state index in [0.29, 0.717) is 42.0 Å². The number of aryl methyl sites for hydroxylation is 1. The van der Waals surface area contributed by atoms with Crippen molar-refractivity contribution in [3.05, 3.63) is 59.8 Å². The molecule has 9 nitrogen and oxygen atoms in total. The first-order valence-corrected chi connectivity index (χ1v) is 12.0. The number of amides is 1. The molecule has 1 aromatic heterocycles. The van der Waals surface area contributed by atoms with Gasteiger partial charge in [0.2, 0.25) is 17.6 Å². The maximum absolute atomic E-state index is 12.9. The van der Waals surface area contributed by atoms with Crippen LogP contribution in [0.2, 0.25) is 0 Å². The van der Waals surface area contributed by atoms with Crippen molar-refractivity contribution >= 4 is 23.4 Å². The van der Waals surface area contributed by atoms with Crippen LogP contribution in [0.3, 0.4) is 0 Å². The first-order valence-electron chi connectivity index (χ1n) is 12.0. The molecule has 2 N–H and O–H groups in total. The number of carbonyl (C=O) groups is 1. The zero-order valence-electron chi connectivity index (χ0n) is 21.2. The highest BCUT2D eigenvalue weighted by Gasteiger charge is 2.26. The number of benzene rings is 2. The second kappa shape index (κ2) is 11.6. The second-order valence-corrected chi connectivity index (χ2v) is 8.71. The van der Waals surface area contributed by atoms with Crippen molar-refractivity contribution in [1.29, 1.82) is 0 Å². The number of ether oxygens (including phenoxy) is 3. The topological polar surface area (TPSA) is 97.8 Å². The number of rotatable bonds is 9. The minimum absolute atomic E-state index is 0.0766. The van der Waals surface area contributed by atoms with Gasteiger partial charge in [-0.05, 0) is 37.0 Å². The van der Waals surface area contributed by atoms with Crippen molar-refractivity contribution in [2.45, 2.75) is 26.3 Å². The number of nitrogens with one attached hydrogen (secondary N) is 2. The van der Waals surface area contributed by atoms with E-state index in [4.69, 9.17) is 19.2 Å². The van der Waals surface area contributed by atoms with E-state index in [1.54, 1.807) is 39.7 Å². The summed E-state index contributed by atoms with van der Waals surface area (Å²) in [7, 11) is 4.71. The molecule has 0 saturated carbocycles. The summed E-state index contributed by atoms with van der Waals surface area (Å²) < 4.78 is 16.3. The Bertz CT molecular complexity index is 1180. The quantitative estimate of drug-likeness (QED) is 0.462. The SMILES string of the molecule is COc1cc(Nc2nccc(N3CCCC(C(=O)NCc4ccccc4C)C3)n2)cc(OC)c1OC. The van der Waals surface area contributed by atoms with Gasteiger partial charge in [-0.1, -0.05) is 24.3 Å². The van der Waals surface area contributed by atoms with E-state index in [0.717, 1.165) is 30.8 Å². The molecule has 0 radical (unpaired) electrons. The largest absolute Gasteiger partial charge is 0.493 e. The summed E-state index contributed by atoms with van der Waals surface area (Å²) in [5.74, 6) is 2.78. The molecule has 1 aliphatic rings. The van der Waals surface area contributed by atoms with Crippen molar-refractivity contribution in [3.63, 3.8) is 0 Å². The lowest BCUT2D eigenvalue weighted by Crippen LogP contribution is -2.43. The molecule has 0 bridgehead atoms. The Morgan fingerprint density at radius 1 is 1.08 bits per heavy atom. The fraction of sp³-hybridized carbons (Fsp3) is 0.370. The number of methoxy groups -OCH3 is 3. The van der Waals surface area contributed by atoms with E-state index in [9.17, 15) is 4.79 Å². The van der Waals surface area contributed by atoms with Crippen LogP contribution in [0, 0.1) is 12.8 Å². The Labute approximate surface area is 211 Å². The zero-order chi connectivity index (χ0) is 25.5. The average molecular weight is 492 g/mol. The van der Waals surface area contributed by atoms with Gasteiger partial charge in [0.15, 0.2) is 11.5 Å². The van der Waals surface area contributed by atoms with Gasteiger partial charge in [-0.3, -0.25) is 4.79 Å². The highest BCUT2D eigenvalue weighted by molar-refractivity contribution is 5.79. The molecule has 1 atom stereocenters. The standard InChI is InChI=1S/C27H33N5O4/c1-18-8-5-6-9-19(18)16-29-26(33)20-10-7-13-32(17-20)24-11-12-28-27(31-24)30-21-14-22(34-2)25(36-4)23(15-21)35-3/h5-6,8-9,11-12,14-15,20H,7,10,13,16-17H2,1-4H3,(H,29,33)(H,28,30,31). The third-order valence-electron chi connectivity index (χ3n) is 6.39. The number of carbonyl (C=O) groups excluding carboxylic acids is 1.